The fourth-order valence-electron chi connectivity index (χ4n) is 1.91. The van der Waals surface area contributed by atoms with Crippen molar-refractivity contribution in [3.05, 3.63) is 0 Å². The van der Waals surface area contributed by atoms with Gasteiger partial charge in [-0.2, -0.15) is 0 Å². The molecule has 0 aromatic heterocycles. The van der Waals surface area contributed by atoms with E-state index in [1.54, 1.807) is 14.0 Å². The minimum Gasteiger partial charge on any atom is -0.388 e. The molecule has 3 unspecified atom stereocenters. The van der Waals surface area contributed by atoms with Crippen LogP contribution in [-0.4, -0.2) is 49.3 Å². The highest BCUT2D eigenvalue weighted by Gasteiger charge is 2.38. The molecule has 20 heavy (non-hydrogen) atoms. The van der Waals surface area contributed by atoms with Crippen LogP contribution in [0.15, 0.2) is 0 Å². The van der Waals surface area contributed by atoms with Crippen molar-refractivity contribution < 1.29 is 19.4 Å². The Morgan fingerprint density at radius 1 is 1.40 bits per heavy atom. The molecule has 6 heteroatoms. The van der Waals surface area contributed by atoms with Gasteiger partial charge in [0.2, 0.25) is 11.8 Å². The molecule has 1 rings (SSSR count). The second kappa shape index (κ2) is 7.59. The first-order valence-corrected chi connectivity index (χ1v) is 7.11. The van der Waals surface area contributed by atoms with Crippen LogP contribution in [0.25, 0.3) is 0 Å². The number of methoxy groups -OCH3 is 1. The van der Waals surface area contributed by atoms with E-state index in [1.807, 2.05) is 6.92 Å². The minimum absolute atomic E-state index is 0.0393. The highest BCUT2D eigenvalue weighted by atomic mass is 16.5. The molecule has 2 amide bonds. The van der Waals surface area contributed by atoms with Crippen molar-refractivity contribution in [1.29, 1.82) is 0 Å². The topological polar surface area (TPSA) is 87.7 Å². The minimum atomic E-state index is -0.974. The summed E-state index contributed by atoms with van der Waals surface area (Å²) in [4.78, 5) is 23.1. The fourth-order valence-corrected chi connectivity index (χ4v) is 1.91. The number of ether oxygens (including phenoxy) is 1. The number of carbonyl (C=O) groups excluding carboxylic acids is 2. The molecule has 1 aliphatic rings. The molecular weight excluding hydrogens is 260 g/mol. The molecule has 0 aliphatic heterocycles. The van der Waals surface area contributed by atoms with E-state index in [4.69, 9.17) is 4.74 Å². The quantitative estimate of drug-likeness (QED) is 0.559. The highest BCUT2D eigenvalue weighted by Crippen LogP contribution is 2.37. The van der Waals surface area contributed by atoms with Crippen LogP contribution in [0.3, 0.4) is 0 Å². The molecule has 1 fully saturated rings. The SMILES string of the molecule is COCCC(C)(O)CNC(=O)CCNC(=O)C1CC1C. The van der Waals surface area contributed by atoms with E-state index in [0.29, 0.717) is 25.5 Å². The van der Waals surface area contributed by atoms with E-state index < -0.39 is 5.60 Å². The van der Waals surface area contributed by atoms with Crippen molar-refractivity contribution in [1.82, 2.24) is 10.6 Å². The normalized spacial score (nSPS) is 23.8. The molecule has 0 aromatic rings. The number of nitrogens with one attached hydrogen (secondary N) is 2. The third-order valence-corrected chi connectivity index (χ3v) is 3.61. The van der Waals surface area contributed by atoms with Gasteiger partial charge in [-0.3, -0.25) is 9.59 Å². The maximum absolute atomic E-state index is 11.6. The van der Waals surface area contributed by atoms with Crippen LogP contribution < -0.4 is 10.6 Å². The zero-order valence-electron chi connectivity index (χ0n) is 12.6. The van der Waals surface area contributed by atoms with E-state index in [9.17, 15) is 14.7 Å². The predicted molar refractivity (Wildman–Crippen MR) is 75.0 cm³/mol. The molecule has 0 saturated heterocycles. The summed E-state index contributed by atoms with van der Waals surface area (Å²) >= 11 is 0. The van der Waals surface area contributed by atoms with Crippen LogP contribution in [-0.2, 0) is 14.3 Å². The molecule has 1 aliphatic carbocycles. The van der Waals surface area contributed by atoms with Crippen molar-refractivity contribution in [2.24, 2.45) is 11.8 Å². The Hall–Kier alpha value is -1.14. The van der Waals surface area contributed by atoms with Crippen molar-refractivity contribution in [2.45, 2.75) is 38.7 Å². The van der Waals surface area contributed by atoms with Gasteiger partial charge in [-0.15, -0.1) is 0 Å². The molecule has 0 radical (unpaired) electrons. The van der Waals surface area contributed by atoms with E-state index in [0.717, 1.165) is 6.42 Å². The third kappa shape index (κ3) is 6.34. The number of rotatable bonds is 9. The Labute approximate surface area is 120 Å². The van der Waals surface area contributed by atoms with Crippen molar-refractivity contribution in [2.75, 3.05) is 26.8 Å². The molecule has 1 saturated carbocycles. The average molecular weight is 286 g/mol. The van der Waals surface area contributed by atoms with Gasteiger partial charge in [0, 0.05) is 45.6 Å². The van der Waals surface area contributed by atoms with E-state index >= 15 is 0 Å². The second-order valence-corrected chi connectivity index (χ2v) is 5.88. The summed E-state index contributed by atoms with van der Waals surface area (Å²) in [6.45, 7) is 4.66. The van der Waals surface area contributed by atoms with Gasteiger partial charge >= 0.3 is 0 Å². The monoisotopic (exact) mass is 286 g/mol. The molecule has 6 nitrogen and oxygen atoms in total. The maximum atomic E-state index is 11.6. The van der Waals surface area contributed by atoms with Crippen LogP contribution in [0.1, 0.15) is 33.1 Å². The Balaban J connectivity index is 2.09. The number of hydrogen-bond donors (Lipinski definition) is 3. The van der Waals surface area contributed by atoms with Gasteiger partial charge in [0.05, 0.1) is 5.60 Å². The van der Waals surface area contributed by atoms with Gasteiger partial charge in [-0.25, -0.2) is 0 Å². The summed E-state index contributed by atoms with van der Waals surface area (Å²) in [6, 6.07) is 0. The molecule has 116 valence electrons. The van der Waals surface area contributed by atoms with Gasteiger partial charge in [-0.05, 0) is 19.3 Å². The predicted octanol–water partition coefficient (Wildman–Crippen LogP) is 0.0524. The Bertz CT molecular complexity index is 344. The summed E-state index contributed by atoms with van der Waals surface area (Å²) in [6.07, 6.45) is 1.63. The molecular formula is C14H26N2O4. The third-order valence-electron chi connectivity index (χ3n) is 3.61. The van der Waals surface area contributed by atoms with Crippen LogP contribution >= 0.6 is 0 Å². The summed E-state index contributed by atoms with van der Waals surface area (Å²) < 4.78 is 4.89. The number of amides is 2. The molecule has 0 spiro atoms. The first-order chi connectivity index (χ1) is 9.35. The maximum Gasteiger partial charge on any atom is 0.223 e. The number of hydrogen-bond acceptors (Lipinski definition) is 4. The lowest BCUT2D eigenvalue weighted by Gasteiger charge is -2.23. The summed E-state index contributed by atoms with van der Waals surface area (Å²) in [5.74, 6) is 0.469. The van der Waals surface area contributed by atoms with Gasteiger partial charge in [0.15, 0.2) is 0 Å². The van der Waals surface area contributed by atoms with Crippen LogP contribution in [0.5, 0.6) is 0 Å². The standard InChI is InChI=1S/C14H26N2O4/c1-10-8-11(10)13(18)15-6-4-12(17)16-9-14(2,19)5-7-20-3/h10-11,19H,4-9H2,1-3H3,(H,15,18)(H,16,17). The van der Waals surface area contributed by atoms with Crippen LogP contribution in [0, 0.1) is 11.8 Å². The molecule has 0 heterocycles. The smallest absolute Gasteiger partial charge is 0.223 e. The number of carbonyl (C=O) groups is 2. The first-order valence-electron chi connectivity index (χ1n) is 7.11. The van der Waals surface area contributed by atoms with Crippen LogP contribution in [0.4, 0.5) is 0 Å². The van der Waals surface area contributed by atoms with Crippen molar-refractivity contribution >= 4 is 11.8 Å². The van der Waals surface area contributed by atoms with Crippen molar-refractivity contribution in [3.8, 4) is 0 Å². The van der Waals surface area contributed by atoms with Gasteiger partial charge < -0.3 is 20.5 Å². The first kappa shape index (κ1) is 16.9. The largest absolute Gasteiger partial charge is 0.388 e. The Kier molecular flexibility index (Phi) is 6.42. The summed E-state index contributed by atoms with van der Waals surface area (Å²) in [5, 5.41) is 15.4. The number of aliphatic hydroxyl groups is 1. The lowest BCUT2D eigenvalue weighted by molar-refractivity contribution is -0.123. The highest BCUT2D eigenvalue weighted by molar-refractivity contribution is 5.82. The Morgan fingerprint density at radius 2 is 2.05 bits per heavy atom. The average Bonchev–Trinajstić information content (AvgIpc) is 3.11. The zero-order valence-corrected chi connectivity index (χ0v) is 12.6. The van der Waals surface area contributed by atoms with E-state index in [2.05, 4.69) is 10.6 Å². The van der Waals surface area contributed by atoms with Gasteiger partial charge in [0.25, 0.3) is 0 Å². The molecule has 3 atom stereocenters. The molecule has 3 N–H and O–H groups in total. The second-order valence-electron chi connectivity index (χ2n) is 5.88. The fraction of sp³-hybridized carbons (Fsp3) is 0.857. The molecule has 0 bridgehead atoms. The van der Waals surface area contributed by atoms with Gasteiger partial charge in [0.1, 0.15) is 0 Å². The zero-order chi connectivity index (χ0) is 15.2. The lowest BCUT2D eigenvalue weighted by atomic mass is 10.0. The van der Waals surface area contributed by atoms with Gasteiger partial charge in [-0.1, -0.05) is 6.92 Å². The summed E-state index contributed by atoms with van der Waals surface area (Å²) in [7, 11) is 1.57. The van der Waals surface area contributed by atoms with Crippen LogP contribution in [0.2, 0.25) is 0 Å². The molecule has 0 aromatic carbocycles. The summed E-state index contributed by atoms with van der Waals surface area (Å²) in [5.41, 5.74) is -0.974. The Morgan fingerprint density at radius 3 is 2.60 bits per heavy atom. The van der Waals surface area contributed by atoms with E-state index in [1.165, 1.54) is 0 Å². The lowest BCUT2D eigenvalue weighted by Crippen LogP contribution is -2.42. The van der Waals surface area contributed by atoms with Crippen molar-refractivity contribution in [3.63, 3.8) is 0 Å². The van der Waals surface area contributed by atoms with E-state index in [-0.39, 0.29) is 30.7 Å².